The third-order valence-electron chi connectivity index (χ3n) is 3.60. The number of amides is 1. The summed E-state index contributed by atoms with van der Waals surface area (Å²) in [6.45, 7) is 8.98. The lowest BCUT2D eigenvalue weighted by Crippen LogP contribution is -2.42. The zero-order chi connectivity index (χ0) is 13.9. The van der Waals surface area contributed by atoms with E-state index in [1.54, 1.807) is 0 Å². The lowest BCUT2D eigenvalue weighted by molar-refractivity contribution is -0.142. The molecule has 4 nitrogen and oxygen atoms in total. The molecule has 1 rings (SSSR count). The van der Waals surface area contributed by atoms with E-state index >= 15 is 0 Å². The molecule has 0 aliphatic heterocycles. The van der Waals surface area contributed by atoms with Crippen LogP contribution in [0.1, 0.15) is 47.0 Å². The van der Waals surface area contributed by atoms with Gasteiger partial charge in [0.15, 0.2) is 0 Å². The molecule has 1 N–H and O–H groups in total. The summed E-state index contributed by atoms with van der Waals surface area (Å²) in [6, 6.07) is 0.184. The number of carboxylic acid groups (broad SMARTS) is 1. The monoisotopic (exact) mass is 255 g/mol. The highest BCUT2D eigenvalue weighted by Crippen LogP contribution is 2.32. The number of aliphatic carboxylic acids is 1. The molecule has 1 fully saturated rings. The molecule has 1 amide bonds. The molecule has 0 bridgehead atoms. The first kappa shape index (κ1) is 15.0. The minimum atomic E-state index is -0.759. The molecule has 0 heterocycles. The average molecular weight is 255 g/mol. The molecular weight excluding hydrogens is 230 g/mol. The van der Waals surface area contributed by atoms with Crippen LogP contribution in [0.15, 0.2) is 0 Å². The van der Waals surface area contributed by atoms with Gasteiger partial charge in [0, 0.05) is 18.5 Å². The fourth-order valence-corrected chi connectivity index (χ4v) is 2.61. The van der Waals surface area contributed by atoms with Gasteiger partial charge in [0.1, 0.15) is 0 Å². The van der Waals surface area contributed by atoms with Crippen LogP contribution in [0.25, 0.3) is 0 Å². The van der Waals surface area contributed by atoms with E-state index in [0.29, 0.717) is 18.8 Å². The highest BCUT2D eigenvalue weighted by molar-refractivity contribution is 5.81. The van der Waals surface area contributed by atoms with Gasteiger partial charge in [0.05, 0.1) is 5.92 Å². The fourth-order valence-electron chi connectivity index (χ4n) is 2.61. The zero-order valence-corrected chi connectivity index (χ0v) is 11.8. The molecule has 0 spiro atoms. The second kappa shape index (κ2) is 6.21. The van der Waals surface area contributed by atoms with E-state index in [1.165, 1.54) is 0 Å². The maximum Gasteiger partial charge on any atom is 0.306 e. The Morgan fingerprint density at radius 3 is 2.11 bits per heavy atom. The number of carbonyl (C=O) groups excluding carboxylic acids is 1. The number of carboxylic acids is 1. The summed E-state index contributed by atoms with van der Waals surface area (Å²) >= 11 is 0. The zero-order valence-electron chi connectivity index (χ0n) is 11.8. The standard InChI is InChI=1S/C14H25NO3/c1-9(2)8-15(10(3)4)13(16)11-5-6-12(7-11)14(17)18/h9-12H,5-8H2,1-4H3,(H,17,18)/t11-,12+/m1/s1. The molecule has 0 aromatic carbocycles. The molecule has 104 valence electrons. The average Bonchev–Trinajstić information content (AvgIpc) is 2.73. The molecule has 0 unspecified atom stereocenters. The van der Waals surface area contributed by atoms with Gasteiger partial charge in [-0.25, -0.2) is 0 Å². The van der Waals surface area contributed by atoms with Crippen LogP contribution in [-0.2, 0) is 9.59 Å². The molecule has 1 saturated carbocycles. The normalized spacial score (nSPS) is 23.7. The van der Waals surface area contributed by atoms with Gasteiger partial charge >= 0.3 is 5.97 Å². The molecule has 1 aliphatic carbocycles. The molecule has 4 heteroatoms. The van der Waals surface area contributed by atoms with E-state index in [-0.39, 0.29) is 23.8 Å². The van der Waals surface area contributed by atoms with Crippen LogP contribution in [0.3, 0.4) is 0 Å². The van der Waals surface area contributed by atoms with Crippen molar-refractivity contribution < 1.29 is 14.7 Å². The Morgan fingerprint density at radius 2 is 1.72 bits per heavy atom. The maximum absolute atomic E-state index is 12.4. The molecule has 2 atom stereocenters. The second-order valence-corrected chi connectivity index (χ2v) is 6.02. The second-order valence-electron chi connectivity index (χ2n) is 6.02. The lowest BCUT2D eigenvalue weighted by Gasteiger charge is -2.31. The van der Waals surface area contributed by atoms with Gasteiger partial charge in [0.2, 0.25) is 5.91 Å². The number of hydrogen-bond acceptors (Lipinski definition) is 2. The van der Waals surface area contributed by atoms with Crippen LogP contribution in [0.5, 0.6) is 0 Å². The summed E-state index contributed by atoms with van der Waals surface area (Å²) in [5.41, 5.74) is 0. The van der Waals surface area contributed by atoms with Crippen LogP contribution in [0.4, 0.5) is 0 Å². The highest BCUT2D eigenvalue weighted by atomic mass is 16.4. The van der Waals surface area contributed by atoms with E-state index in [2.05, 4.69) is 13.8 Å². The van der Waals surface area contributed by atoms with Crippen LogP contribution in [0.2, 0.25) is 0 Å². The van der Waals surface area contributed by atoms with Crippen molar-refractivity contribution in [1.29, 1.82) is 0 Å². The topological polar surface area (TPSA) is 57.6 Å². The van der Waals surface area contributed by atoms with Gasteiger partial charge < -0.3 is 10.0 Å². The van der Waals surface area contributed by atoms with E-state index in [4.69, 9.17) is 5.11 Å². The van der Waals surface area contributed by atoms with Crippen LogP contribution in [0, 0.1) is 17.8 Å². The SMILES string of the molecule is CC(C)CN(C(=O)[C@@H]1CC[C@H](C(=O)O)C1)C(C)C. The smallest absolute Gasteiger partial charge is 0.306 e. The van der Waals surface area contributed by atoms with Crippen molar-refractivity contribution >= 4 is 11.9 Å². The van der Waals surface area contributed by atoms with E-state index in [0.717, 1.165) is 13.0 Å². The summed E-state index contributed by atoms with van der Waals surface area (Å²) in [7, 11) is 0. The Kier molecular flexibility index (Phi) is 5.17. The van der Waals surface area contributed by atoms with E-state index in [9.17, 15) is 9.59 Å². The van der Waals surface area contributed by atoms with Gasteiger partial charge in [0.25, 0.3) is 0 Å². The number of carbonyl (C=O) groups is 2. The van der Waals surface area contributed by atoms with Crippen molar-refractivity contribution in [2.75, 3.05) is 6.54 Å². The van der Waals surface area contributed by atoms with Gasteiger partial charge in [-0.15, -0.1) is 0 Å². The first-order valence-electron chi connectivity index (χ1n) is 6.86. The predicted octanol–water partition coefficient (Wildman–Crippen LogP) is 2.38. The molecule has 1 aliphatic rings. The lowest BCUT2D eigenvalue weighted by atomic mass is 10.0. The van der Waals surface area contributed by atoms with Gasteiger partial charge in [-0.2, -0.15) is 0 Å². The summed E-state index contributed by atoms with van der Waals surface area (Å²) in [6.07, 6.45) is 1.87. The van der Waals surface area contributed by atoms with Crippen LogP contribution >= 0.6 is 0 Å². The summed E-state index contributed by atoms with van der Waals surface area (Å²) in [5, 5.41) is 8.98. The minimum Gasteiger partial charge on any atom is -0.481 e. The molecular formula is C14H25NO3. The van der Waals surface area contributed by atoms with Crippen molar-refractivity contribution in [1.82, 2.24) is 4.90 Å². The van der Waals surface area contributed by atoms with Crippen molar-refractivity contribution in [3.8, 4) is 0 Å². The third kappa shape index (κ3) is 3.72. The third-order valence-corrected chi connectivity index (χ3v) is 3.60. The highest BCUT2D eigenvalue weighted by Gasteiger charge is 2.36. The largest absolute Gasteiger partial charge is 0.481 e. The first-order chi connectivity index (χ1) is 8.32. The molecule has 0 radical (unpaired) electrons. The van der Waals surface area contributed by atoms with Crippen LogP contribution in [-0.4, -0.2) is 34.5 Å². The summed E-state index contributed by atoms with van der Waals surface area (Å²) in [4.78, 5) is 25.3. The van der Waals surface area contributed by atoms with Crippen LogP contribution < -0.4 is 0 Å². The van der Waals surface area contributed by atoms with E-state index < -0.39 is 5.97 Å². The Morgan fingerprint density at radius 1 is 1.17 bits per heavy atom. The predicted molar refractivity (Wildman–Crippen MR) is 70.2 cm³/mol. The molecule has 18 heavy (non-hydrogen) atoms. The van der Waals surface area contributed by atoms with Crippen molar-refractivity contribution in [2.45, 2.75) is 53.0 Å². The molecule has 0 saturated heterocycles. The first-order valence-corrected chi connectivity index (χ1v) is 6.86. The Bertz CT molecular complexity index is 312. The number of rotatable bonds is 5. The van der Waals surface area contributed by atoms with E-state index in [1.807, 2.05) is 18.7 Å². The minimum absolute atomic E-state index is 0.0905. The Balaban J connectivity index is 2.64. The van der Waals surface area contributed by atoms with Crippen molar-refractivity contribution in [3.63, 3.8) is 0 Å². The Hall–Kier alpha value is -1.06. The summed E-state index contributed by atoms with van der Waals surface area (Å²) < 4.78 is 0. The van der Waals surface area contributed by atoms with Gasteiger partial charge in [-0.05, 0) is 39.0 Å². The van der Waals surface area contributed by atoms with Crippen molar-refractivity contribution in [3.05, 3.63) is 0 Å². The van der Waals surface area contributed by atoms with Gasteiger partial charge in [-0.3, -0.25) is 9.59 Å². The number of hydrogen-bond donors (Lipinski definition) is 1. The maximum atomic E-state index is 12.4. The molecule has 0 aromatic heterocycles. The quantitative estimate of drug-likeness (QED) is 0.820. The van der Waals surface area contributed by atoms with Gasteiger partial charge in [-0.1, -0.05) is 13.8 Å². The summed E-state index contributed by atoms with van der Waals surface area (Å²) in [5.74, 6) is -0.597. The Labute approximate surface area is 109 Å². The molecule has 0 aromatic rings. The fraction of sp³-hybridized carbons (Fsp3) is 0.857. The number of nitrogens with zero attached hydrogens (tertiary/aromatic N) is 1. The van der Waals surface area contributed by atoms with Crippen molar-refractivity contribution in [2.24, 2.45) is 17.8 Å².